The summed E-state index contributed by atoms with van der Waals surface area (Å²) in [4.78, 5) is 22.4. The topological polar surface area (TPSA) is 89.6 Å². The summed E-state index contributed by atoms with van der Waals surface area (Å²) in [7, 11) is 0. The molecular formula is C10H14FNO4. The number of alkyl halides is 1. The Morgan fingerprint density at radius 3 is 2.75 bits per heavy atom. The number of carbonyl (C=O) groups excluding carboxylic acids is 1. The highest BCUT2D eigenvalue weighted by atomic mass is 19.1. The molecule has 0 unspecified atom stereocenters. The van der Waals surface area contributed by atoms with Crippen molar-refractivity contribution < 1.29 is 23.8 Å². The minimum atomic E-state index is -1.91. The number of aliphatic carboxylic acids is 1. The van der Waals surface area contributed by atoms with Gasteiger partial charge in [-0.2, -0.15) is 0 Å². The molecule has 2 aliphatic rings. The molecule has 0 bridgehead atoms. The van der Waals surface area contributed by atoms with Crippen LogP contribution >= 0.6 is 0 Å². The predicted octanol–water partition coefficient (Wildman–Crippen LogP) is -0.0644. The van der Waals surface area contributed by atoms with E-state index in [2.05, 4.69) is 0 Å². The zero-order valence-corrected chi connectivity index (χ0v) is 8.85. The minimum absolute atomic E-state index is 0.0386. The standard InChI is InChI=1S/C10H14FNO4/c1-2-16-8(13)6-4-3-5(11)10(12,7(4)6)9(14)15/h4-7H,2-3,12H2,1H3,(H,14,15)/t4-,5-,6-,7-,10-/m0/s1. The van der Waals surface area contributed by atoms with Crippen molar-refractivity contribution in [3.05, 3.63) is 0 Å². The van der Waals surface area contributed by atoms with Crippen LogP contribution in [0.4, 0.5) is 4.39 Å². The van der Waals surface area contributed by atoms with Crippen LogP contribution in [0.25, 0.3) is 0 Å². The van der Waals surface area contributed by atoms with Crippen molar-refractivity contribution in [3.8, 4) is 0 Å². The summed E-state index contributed by atoms with van der Waals surface area (Å²) in [5.74, 6) is -3.25. The lowest BCUT2D eigenvalue weighted by molar-refractivity contribution is -0.149. The van der Waals surface area contributed by atoms with Gasteiger partial charge in [0.25, 0.3) is 0 Å². The number of carboxylic acid groups (broad SMARTS) is 1. The predicted molar refractivity (Wildman–Crippen MR) is 51.2 cm³/mol. The lowest BCUT2D eigenvalue weighted by atomic mass is 9.90. The van der Waals surface area contributed by atoms with Crippen LogP contribution in [0.3, 0.4) is 0 Å². The first-order chi connectivity index (χ1) is 7.44. The van der Waals surface area contributed by atoms with Gasteiger partial charge in [0.05, 0.1) is 12.5 Å². The van der Waals surface area contributed by atoms with Crippen LogP contribution in [0, 0.1) is 17.8 Å². The maximum atomic E-state index is 13.5. The van der Waals surface area contributed by atoms with Gasteiger partial charge in [-0.15, -0.1) is 0 Å². The fraction of sp³-hybridized carbons (Fsp3) is 0.800. The van der Waals surface area contributed by atoms with Gasteiger partial charge in [-0.05, 0) is 19.3 Å². The Morgan fingerprint density at radius 2 is 2.25 bits per heavy atom. The first-order valence-corrected chi connectivity index (χ1v) is 5.27. The number of esters is 1. The molecule has 5 nitrogen and oxygen atoms in total. The van der Waals surface area contributed by atoms with E-state index in [1.165, 1.54) is 0 Å². The molecule has 0 heterocycles. The second kappa shape index (κ2) is 3.41. The molecule has 3 N–H and O–H groups in total. The van der Waals surface area contributed by atoms with E-state index >= 15 is 0 Å². The van der Waals surface area contributed by atoms with E-state index in [4.69, 9.17) is 15.6 Å². The number of nitrogens with two attached hydrogens (primary N) is 1. The number of halogens is 1. The van der Waals surface area contributed by atoms with Crippen LogP contribution in [0.1, 0.15) is 13.3 Å². The number of carbonyl (C=O) groups is 2. The van der Waals surface area contributed by atoms with Crippen LogP contribution in [0.15, 0.2) is 0 Å². The molecule has 0 saturated heterocycles. The third-order valence-electron chi connectivity index (χ3n) is 3.65. The number of rotatable bonds is 3. The van der Waals surface area contributed by atoms with Crippen molar-refractivity contribution in [1.29, 1.82) is 0 Å². The van der Waals surface area contributed by atoms with Crippen molar-refractivity contribution >= 4 is 11.9 Å². The molecule has 0 spiro atoms. The zero-order chi connectivity index (χ0) is 12.1. The molecule has 0 aromatic carbocycles. The van der Waals surface area contributed by atoms with E-state index in [1.807, 2.05) is 0 Å². The summed E-state index contributed by atoms with van der Waals surface area (Å²) in [6.45, 7) is 1.90. The normalized spacial score (nSPS) is 44.9. The average Bonchev–Trinajstić information content (AvgIpc) is 2.84. The summed E-state index contributed by atoms with van der Waals surface area (Å²) in [6, 6.07) is 0. The molecule has 0 amide bonds. The number of hydrogen-bond donors (Lipinski definition) is 2. The van der Waals surface area contributed by atoms with Gasteiger partial charge in [-0.1, -0.05) is 0 Å². The Balaban J connectivity index is 2.14. The van der Waals surface area contributed by atoms with E-state index in [0.29, 0.717) is 0 Å². The van der Waals surface area contributed by atoms with Crippen molar-refractivity contribution in [2.75, 3.05) is 6.61 Å². The molecule has 5 atom stereocenters. The molecule has 90 valence electrons. The van der Waals surface area contributed by atoms with Gasteiger partial charge in [0.15, 0.2) is 0 Å². The highest BCUT2D eigenvalue weighted by Gasteiger charge is 2.74. The Bertz CT molecular complexity index is 348. The molecule has 0 aromatic rings. The summed E-state index contributed by atoms with van der Waals surface area (Å²) in [6.07, 6.45) is -1.54. The Labute approximate surface area is 91.7 Å². The van der Waals surface area contributed by atoms with E-state index < -0.39 is 35.5 Å². The van der Waals surface area contributed by atoms with Crippen LogP contribution in [0.2, 0.25) is 0 Å². The van der Waals surface area contributed by atoms with Gasteiger partial charge in [-0.25, -0.2) is 4.39 Å². The van der Waals surface area contributed by atoms with E-state index in [1.54, 1.807) is 6.92 Å². The molecule has 2 fully saturated rings. The quantitative estimate of drug-likeness (QED) is 0.664. The van der Waals surface area contributed by atoms with Gasteiger partial charge in [-0.3, -0.25) is 9.59 Å². The SMILES string of the molecule is CCOC(=O)[C@H]1[C@@H]2C[C@H](F)[C@@](N)(C(=O)O)[C@@H]21. The van der Waals surface area contributed by atoms with Crippen molar-refractivity contribution in [2.45, 2.75) is 25.1 Å². The highest BCUT2D eigenvalue weighted by molar-refractivity contribution is 5.86. The molecule has 16 heavy (non-hydrogen) atoms. The first kappa shape index (κ1) is 11.3. The lowest BCUT2D eigenvalue weighted by Crippen LogP contribution is -2.56. The summed E-state index contributed by atoms with van der Waals surface area (Å²) in [5, 5.41) is 8.95. The summed E-state index contributed by atoms with van der Waals surface area (Å²) >= 11 is 0. The van der Waals surface area contributed by atoms with Crippen LogP contribution < -0.4 is 5.73 Å². The molecule has 0 radical (unpaired) electrons. The van der Waals surface area contributed by atoms with Gasteiger partial charge in [0, 0.05) is 5.92 Å². The second-order valence-corrected chi connectivity index (χ2v) is 4.41. The third-order valence-corrected chi connectivity index (χ3v) is 3.65. The van der Waals surface area contributed by atoms with Gasteiger partial charge < -0.3 is 15.6 Å². The van der Waals surface area contributed by atoms with E-state index in [-0.39, 0.29) is 18.9 Å². The van der Waals surface area contributed by atoms with Gasteiger partial charge in [0.2, 0.25) is 0 Å². The molecule has 0 aliphatic heterocycles. The van der Waals surface area contributed by atoms with Crippen LogP contribution in [0.5, 0.6) is 0 Å². The lowest BCUT2D eigenvalue weighted by Gasteiger charge is -2.25. The summed E-state index contributed by atoms with van der Waals surface area (Å²) < 4.78 is 18.3. The monoisotopic (exact) mass is 231 g/mol. The molecule has 6 heteroatoms. The number of carboxylic acids is 1. The molecule has 2 saturated carbocycles. The fourth-order valence-corrected chi connectivity index (χ4v) is 2.80. The number of ether oxygens (including phenoxy) is 1. The van der Waals surface area contributed by atoms with E-state index in [0.717, 1.165) is 0 Å². The van der Waals surface area contributed by atoms with Crippen LogP contribution in [-0.4, -0.2) is 35.4 Å². The fourth-order valence-electron chi connectivity index (χ4n) is 2.80. The Morgan fingerprint density at radius 1 is 1.62 bits per heavy atom. The Hall–Kier alpha value is -1.17. The molecule has 0 aromatic heterocycles. The average molecular weight is 231 g/mol. The van der Waals surface area contributed by atoms with Crippen molar-refractivity contribution in [2.24, 2.45) is 23.5 Å². The highest BCUT2D eigenvalue weighted by Crippen LogP contribution is 2.62. The van der Waals surface area contributed by atoms with E-state index in [9.17, 15) is 14.0 Å². The molecule has 2 rings (SSSR count). The number of hydrogen-bond acceptors (Lipinski definition) is 4. The van der Waals surface area contributed by atoms with Gasteiger partial charge >= 0.3 is 11.9 Å². The summed E-state index contributed by atoms with van der Waals surface area (Å²) in [5.41, 5.74) is 3.66. The Kier molecular flexibility index (Phi) is 2.41. The minimum Gasteiger partial charge on any atom is -0.480 e. The smallest absolute Gasteiger partial charge is 0.327 e. The number of fused-ring (bicyclic) bond motifs is 1. The first-order valence-electron chi connectivity index (χ1n) is 5.27. The van der Waals surface area contributed by atoms with Crippen molar-refractivity contribution in [3.63, 3.8) is 0 Å². The van der Waals surface area contributed by atoms with Gasteiger partial charge in [0.1, 0.15) is 11.7 Å². The molecular weight excluding hydrogens is 217 g/mol. The van der Waals surface area contributed by atoms with Crippen LogP contribution in [-0.2, 0) is 14.3 Å². The maximum Gasteiger partial charge on any atom is 0.327 e. The van der Waals surface area contributed by atoms with Crippen molar-refractivity contribution in [1.82, 2.24) is 0 Å². The molecule has 2 aliphatic carbocycles. The second-order valence-electron chi connectivity index (χ2n) is 4.41. The maximum absolute atomic E-state index is 13.5. The zero-order valence-electron chi connectivity index (χ0n) is 8.85. The largest absolute Gasteiger partial charge is 0.480 e. The third kappa shape index (κ3) is 1.25.